The number of amides is 1. The number of hydrogen-bond donors (Lipinski definition) is 0. The van der Waals surface area contributed by atoms with Crippen molar-refractivity contribution in [1.29, 1.82) is 5.26 Å². The number of nitrogens with zero attached hydrogens (tertiary/aromatic N) is 2. The summed E-state index contributed by atoms with van der Waals surface area (Å²) in [4.78, 5) is 13.9. The Hall–Kier alpha value is -1.53. The maximum Gasteiger partial charge on any atom is 0.222 e. The zero-order chi connectivity index (χ0) is 13.7. The lowest BCUT2D eigenvalue weighted by Crippen LogP contribution is -2.39. The van der Waals surface area contributed by atoms with E-state index in [0.717, 1.165) is 24.9 Å². The van der Waals surface area contributed by atoms with Crippen LogP contribution in [0.3, 0.4) is 0 Å². The van der Waals surface area contributed by atoms with Gasteiger partial charge in [-0.1, -0.05) is 23.7 Å². The molecule has 19 heavy (non-hydrogen) atoms. The van der Waals surface area contributed by atoms with Crippen molar-refractivity contribution in [3.05, 3.63) is 34.9 Å². The molecule has 0 saturated carbocycles. The van der Waals surface area contributed by atoms with Gasteiger partial charge in [0.2, 0.25) is 5.91 Å². The van der Waals surface area contributed by atoms with E-state index in [0.29, 0.717) is 24.4 Å². The summed E-state index contributed by atoms with van der Waals surface area (Å²) in [5.41, 5.74) is 1.08. The van der Waals surface area contributed by atoms with Crippen LogP contribution in [0.1, 0.15) is 24.8 Å². The van der Waals surface area contributed by atoms with Gasteiger partial charge in [-0.05, 0) is 37.0 Å². The van der Waals surface area contributed by atoms with E-state index >= 15 is 0 Å². The quantitative estimate of drug-likeness (QED) is 0.852. The minimum Gasteiger partial charge on any atom is -0.341 e. The molecule has 1 aliphatic heterocycles. The molecule has 1 saturated heterocycles. The maximum absolute atomic E-state index is 12.1. The van der Waals surface area contributed by atoms with Crippen LogP contribution < -0.4 is 0 Å². The topological polar surface area (TPSA) is 44.1 Å². The lowest BCUT2D eigenvalue weighted by atomic mass is 9.99. The summed E-state index contributed by atoms with van der Waals surface area (Å²) in [6.07, 6.45) is 3.03. The molecule has 100 valence electrons. The van der Waals surface area contributed by atoms with Gasteiger partial charge in [0.25, 0.3) is 0 Å². The molecule has 1 amide bonds. The van der Waals surface area contributed by atoms with Crippen LogP contribution in [-0.4, -0.2) is 23.9 Å². The molecule has 0 unspecified atom stereocenters. The molecule has 0 radical (unpaired) electrons. The van der Waals surface area contributed by atoms with Crippen LogP contribution >= 0.6 is 11.6 Å². The Morgan fingerprint density at radius 3 is 3.11 bits per heavy atom. The number of aryl methyl sites for hydroxylation is 1. The van der Waals surface area contributed by atoms with Gasteiger partial charge >= 0.3 is 0 Å². The number of likely N-dealkylation sites (tertiary alicyclic amines) is 1. The SMILES string of the molecule is N#C[C@H]1CCCN(C(=O)CCc2cccc(Cl)c2)C1. The molecule has 1 heterocycles. The second kappa shape index (κ2) is 6.58. The predicted octanol–water partition coefficient (Wildman–Crippen LogP) is 3.03. The van der Waals surface area contributed by atoms with Crippen LogP contribution in [0.5, 0.6) is 0 Å². The zero-order valence-corrected chi connectivity index (χ0v) is 11.6. The Balaban J connectivity index is 1.86. The molecule has 0 N–H and O–H groups in total. The first-order valence-corrected chi connectivity index (χ1v) is 6.98. The van der Waals surface area contributed by atoms with Crippen molar-refractivity contribution < 1.29 is 4.79 Å². The van der Waals surface area contributed by atoms with Gasteiger partial charge in [-0.15, -0.1) is 0 Å². The summed E-state index contributed by atoms with van der Waals surface area (Å²) in [6, 6.07) is 9.86. The molecule has 1 aliphatic rings. The Morgan fingerprint density at radius 2 is 2.37 bits per heavy atom. The van der Waals surface area contributed by atoms with Gasteiger partial charge in [0.15, 0.2) is 0 Å². The Kier molecular flexibility index (Phi) is 4.81. The van der Waals surface area contributed by atoms with Gasteiger partial charge < -0.3 is 4.90 Å². The first kappa shape index (κ1) is 13.9. The minimum atomic E-state index is 0.00358. The molecular weight excluding hydrogens is 260 g/mol. The number of hydrogen-bond acceptors (Lipinski definition) is 2. The van der Waals surface area contributed by atoms with Gasteiger partial charge in [0, 0.05) is 24.5 Å². The van der Waals surface area contributed by atoms with Gasteiger partial charge in [-0.3, -0.25) is 4.79 Å². The highest BCUT2D eigenvalue weighted by molar-refractivity contribution is 6.30. The van der Waals surface area contributed by atoms with E-state index in [1.807, 2.05) is 29.2 Å². The standard InChI is InChI=1S/C15H17ClN2O/c16-14-5-1-3-12(9-14)6-7-15(19)18-8-2-4-13(10-17)11-18/h1,3,5,9,13H,2,4,6-8,11H2/t13-/m1/s1. The molecule has 2 rings (SSSR count). The van der Waals surface area contributed by atoms with E-state index in [4.69, 9.17) is 16.9 Å². The highest BCUT2D eigenvalue weighted by Crippen LogP contribution is 2.17. The summed E-state index contributed by atoms with van der Waals surface area (Å²) in [7, 11) is 0. The smallest absolute Gasteiger partial charge is 0.222 e. The summed E-state index contributed by atoms with van der Waals surface area (Å²) in [6.45, 7) is 1.37. The van der Waals surface area contributed by atoms with Gasteiger partial charge in [0.05, 0.1) is 12.0 Å². The number of rotatable bonds is 3. The number of benzene rings is 1. The van der Waals surface area contributed by atoms with Crippen LogP contribution in [0.2, 0.25) is 5.02 Å². The molecule has 4 heteroatoms. The minimum absolute atomic E-state index is 0.00358. The van der Waals surface area contributed by atoms with E-state index in [-0.39, 0.29) is 11.8 Å². The van der Waals surface area contributed by atoms with Crippen LogP contribution in [0.4, 0.5) is 0 Å². The van der Waals surface area contributed by atoms with E-state index in [1.54, 1.807) is 0 Å². The Labute approximate surface area is 118 Å². The molecule has 1 aromatic rings. The fraction of sp³-hybridized carbons (Fsp3) is 0.467. The van der Waals surface area contributed by atoms with E-state index in [2.05, 4.69) is 6.07 Å². The first-order chi connectivity index (χ1) is 9.19. The van der Waals surface area contributed by atoms with Crippen molar-refractivity contribution in [1.82, 2.24) is 4.90 Å². The average molecular weight is 277 g/mol. The van der Waals surface area contributed by atoms with Crippen molar-refractivity contribution in [3.8, 4) is 6.07 Å². The molecule has 0 spiro atoms. The highest BCUT2D eigenvalue weighted by atomic mass is 35.5. The molecule has 3 nitrogen and oxygen atoms in total. The fourth-order valence-corrected chi connectivity index (χ4v) is 2.62. The summed E-state index contributed by atoms with van der Waals surface area (Å²) >= 11 is 5.92. The maximum atomic E-state index is 12.1. The Bertz CT molecular complexity index is 495. The molecule has 0 bridgehead atoms. The summed E-state index contributed by atoms with van der Waals surface area (Å²) < 4.78 is 0. The number of carbonyl (C=O) groups excluding carboxylic acids is 1. The third kappa shape index (κ3) is 3.97. The van der Waals surface area contributed by atoms with E-state index < -0.39 is 0 Å². The molecule has 1 aromatic carbocycles. The first-order valence-electron chi connectivity index (χ1n) is 6.61. The van der Waals surface area contributed by atoms with Crippen molar-refractivity contribution in [2.24, 2.45) is 5.92 Å². The number of nitriles is 1. The highest BCUT2D eigenvalue weighted by Gasteiger charge is 2.22. The predicted molar refractivity (Wildman–Crippen MR) is 74.7 cm³/mol. The zero-order valence-electron chi connectivity index (χ0n) is 10.8. The summed E-state index contributed by atoms with van der Waals surface area (Å²) in [5, 5.41) is 9.63. The lowest BCUT2D eigenvalue weighted by molar-refractivity contribution is -0.132. The summed E-state index contributed by atoms with van der Waals surface area (Å²) in [5.74, 6) is 0.142. The molecule has 0 aromatic heterocycles. The normalized spacial score (nSPS) is 18.9. The average Bonchev–Trinajstić information content (AvgIpc) is 2.45. The fourth-order valence-electron chi connectivity index (χ4n) is 2.41. The second-order valence-electron chi connectivity index (χ2n) is 4.94. The van der Waals surface area contributed by atoms with Crippen molar-refractivity contribution >= 4 is 17.5 Å². The van der Waals surface area contributed by atoms with E-state index in [9.17, 15) is 4.79 Å². The van der Waals surface area contributed by atoms with Crippen LogP contribution in [0.15, 0.2) is 24.3 Å². The molecule has 0 aliphatic carbocycles. The van der Waals surface area contributed by atoms with Crippen LogP contribution in [0.25, 0.3) is 0 Å². The Morgan fingerprint density at radius 1 is 1.53 bits per heavy atom. The number of carbonyl (C=O) groups is 1. The third-order valence-electron chi connectivity index (χ3n) is 3.47. The van der Waals surface area contributed by atoms with Gasteiger partial charge in [-0.2, -0.15) is 5.26 Å². The van der Waals surface area contributed by atoms with Crippen molar-refractivity contribution in [3.63, 3.8) is 0 Å². The number of halogens is 1. The number of piperidine rings is 1. The molecular formula is C15H17ClN2O. The van der Waals surface area contributed by atoms with Crippen molar-refractivity contribution in [2.45, 2.75) is 25.7 Å². The van der Waals surface area contributed by atoms with Crippen LogP contribution in [0, 0.1) is 17.2 Å². The monoisotopic (exact) mass is 276 g/mol. The van der Waals surface area contributed by atoms with E-state index in [1.165, 1.54) is 0 Å². The van der Waals surface area contributed by atoms with Gasteiger partial charge in [-0.25, -0.2) is 0 Å². The third-order valence-corrected chi connectivity index (χ3v) is 3.71. The lowest BCUT2D eigenvalue weighted by Gasteiger charge is -2.29. The van der Waals surface area contributed by atoms with Crippen LogP contribution in [-0.2, 0) is 11.2 Å². The largest absolute Gasteiger partial charge is 0.341 e. The van der Waals surface area contributed by atoms with Gasteiger partial charge in [0.1, 0.15) is 0 Å². The molecule has 1 atom stereocenters. The molecule has 1 fully saturated rings. The van der Waals surface area contributed by atoms with Crippen molar-refractivity contribution in [2.75, 3.05) is 13.1 Å². The second-order valence-corrected chi connectivity index (χ2v) is 5.37.